The second-order valence-corrected chi connectivity index (χ2v) is 6.58. The van der Waals surface area contributed by atoms with Gasteiger partial charge in [-0.05, 0) is 29.8 Å². The Labute approximate surface area is 171 Å². The molecule has 0 saturated heterocycles. The number of hydrogen-bond donors (Lipinski definition) is 1. The van der Waals surface area contributed by atoms with Gasteiger partial charge >= 0.3 is 6.18 Å². The standard InChI is InChI=1S/C22H19F3N2O3/c23-22(24,25)18-10-4-5-11-19(18)26-20(28)15-27(14-17-9-6-12-30-17)21(29)13-16-7-2-1-3-8-16/h1-12H,13-15H2,(H,26,28). The smallest absolute Gasteiger partial charge is 0.418 e. The Balaban J connectivity index is 1.74. The van der Waals surface area contributed by atoms with Crippen molar-refractivity contribution in [2.45, 2.75) is 19.1 Å². The maximum absolute atomic E-state index is 13.2. The molecule has 3 aromatic rings. The number of rotatable bonds is 7. The van der Waals surface area contributed by atoms with E-state index in [4.69, 9.17) is 4.42 Å². The molecule has 0 aliphatic rings. The number of nitrogens with one attached hydrogen (secondary N) is 1. The normalized spacial score (nSPS) is 11.2. The number of anilines is 1. The van der Waals surface area contributed by atoms with Crippen LogP contribution in [-0.4, -0.2) is 23.3 Å². The van der Waals surface area contributed by atoms with E-state index in [1.807, 2.05) is 6.07 Å². The summed E-state index contributed by atoms with van der Waals surface area (Å²) in [6, 6.07) is 17.0. The van der Waals surface area contributed by atoms with Gasteiger partial charge in [0.1, 0.15) is 12.3 Å². The van der Waals surface area contributed by atoms with E-state index in [-0.39, 0.29) is 24.6 Å². The summed E-state index contributed by atoms with van der Waals surface area (Å²) in [5.74, 6) is -0.628. The van der Waals surface area contributed by atoms with Crippen LogP contribution in [0.3, 0.4) is 0 Å². The van der Waals surface area contributed by atoms with Crippen molar-refractivity contribution in [1.29, 1.82) is 0 Å². The lowest BCUT2D eigenvalue weighted by Gasteiger charge is -2.22. The van der Waals surface area contributed by atoms with Gasteiger partial charge in [0.15, 0.2) is 0 Å². The Morgan fingerprint density at radius 3 is 2.30 bits per heavy atom. The molecule has 156 valence electrons. The van der Waals surface area contributed by atoms with E-state index < -0.39 is 24.2 Å². The molecule has 1 aromatic heterocycles. The minimum absolute atomic E-state index is 0.0208. The van der Waals surface area contributed by atoms with Crippen LogP contribution in [0.2, 0.25) is 0 Å². The lowest BCUT2D eigenvalue weighted by Crippen LogP contribution is -2.38. The monoisotopic (exact) mass is 416 g/mol. The van der Waals surface area contributed by atoms with Gasteiger partial charge in [0.2, 0.25) is 11.8 Å². The molecule has 2 aromatic carbocycles. The molecule has 8 heteroatoms. The van der Waals surface area contributed by atoms with Gasteiger partial charge in [0.05, 0.1) is 30.5 Å². The zero-order valence-electron chi connectivity index (χ0n) is 15.9. The summed E-state index contributed by atoms with van der Waals surface area (Å²) in [7, 11) is 0. The molecular weight excluding hydrogens is 397 g/mol. The topological polar surface area (TPSA) is 62.6 Å². The van der Waals surface area contributed by atoms with Crippen molar-refractivity contribution in [3.8, 4) is 0 Å². The molecule has 0 saturated carbocycles. The molecule has 0 unspecified atom stereocenters. The predicted molar refractivity (Wildman–Crippen MR) is 104 cm³/mol. The van der Waals surface area contributed by atoms with Crippen LogP contribution >= 0.6 is 0 Å². The number of alkyl halides is 3. The van der Waals surface area contributed by atoms with Gasteiger partial charge < -0.3 is 14.6 Å². The number of para-hydroxylation sites is 1. The van der Waals surface area contributed by atoms with Crippen molar-refractivity contribution in [3.05, 3.63) is 89.9 Å². The fourth-order valence-corrected chi connectivity index (χ4v) is 2.91. The molecule has 0 aliphatic carbocycles. The predicted octanol–water partition coefficient (Wildman–Crippen LogP) is 4.51. The highest BCUT2D eigenvalue weighted by atomic mass is 19.4. The number of carbonyl (C=O) groups is 2. The van der Waals surface area contributed by atoms with Crippen LogP contribution < -0.4 is 5.32 Å². The first-order chi connectivity index (χ1) is 14.3. The maximum atomic E-state index is 13.2. The van der Waals surface area contributed by atoms with Crippen molar-refractivity contribution >= 4 is 17.5 Å². The quantitative estimate of drug-likeness (QED) is 0.617. The number of benzene rings is 2. The van der Waals surface area contributed by atoms with Crippen molar-refractivity contribution in [2.75, 3.05) is 11.9 Å². The lowest BCUT2D eigenvalue weighted by atomic mass is 10.1. The molecule has 30 heavy (non-hydrogen) atoms. The maximum Gasteiger partial charge on any atom is 0.418 e. The third kappa shape index (κ3) is 5.73. The molecule has 5 nitrogen and oxygen atoms in total. The summed E-state index contributed by atoms with van der Waals surface area (Å²) in [5.41, 5.74) is -0.551. The van der Waals surface area contributed by atoms with E-state index in [0.717, 1.165) is 11.6 Å². The van der Waals surface area contributed by atoms with Crippen molar-refractivity contribution < 1.29 is 27.2 Å². The zero-order valence-corrected chi connectivity index (χ0v) is 15.9. The van der Waals surface area contributed by atoms with Gasteiger partial charge in [-0.2, -0.15) is 13.2 Å². The summed E-state index contributed by atoms with van der Waals surface area (Å²) in [6.45, 7) is -0.397. The van der Waals surface area contributed by atoms with Crippen LogP contribution in [0.1, 0.15) is 16.9 Å². The van der Waals surface area contributed by atoms with E-state index in [1.165, 1.54) is 29.4 Å². The molecule has 0 spiro atoms. The fourth-order valence-electron chi connectivity index (χ4n) is 2.91. The number of carbonyl (C=O) groups excluding carboxylic acids is 2. The summed E-state index contributed by atoms with van der Waals surface area (Å²) < 4.78 is 44.7. The Bertz CT molecular complexity index is 986. The Kier molecular flexibility index (Phi) is 6.56. The van der Waals surface area contributed by atoms with Gasteiger partial charge in [0, 0.05) is 0 Å². The minimum Gasteiger partial charge on any atom is -0.467 e. The van der Waals surface area contributed by atoms with E-state index in [0.29, 0.717) is 5.76 Å². The largest absolute Gasteiger partial charge is 0.467 e. The number of amides is 2. The zero-order chi connectivity index (χ0) is 21.6. The molecule has 0 atom stereocenters. The van der Waals surface area contributed by atoms with E-state index >= 15 is 0 Å². The highest BCUT2D eigenvalue weighted by Crippen LogP contribution is 2.34. The van der Waals surface area contributed by atoms with Gasteiger partial charge in [-0.3, -0.25) is 9.59 Å². The van der Waals surface area contributed by atoms with Crippen LogP contribution in [0.5, 0.6) is 0 Å². The van der Waals surface area contributed by atoms with Crippen LogP contribution in [0.25, 0.3) is 0 Å². The highest BCUT2D eigenvalue weighted by Gasteiger charge is 2.33. The highest BCUT2D eigenvalue weighted by molar-refractivity contribution is 5.95. The van der Waals surface area contributed by atoms with Gasteiger partial charge in [-0.15, -0.1) is 0 Å². The molecule has 0 bridgehead atoms. The first-order valence-corrected chi connectivity index (χ1v) is 9.13. The average Bonchev–Trinajstić information content (AvgIpc) is 3.21. The van der Waals surface area contributed by atoms with Gasteiger partial charge in [0.25, 0.3) is 0 Å². The van der Waals surface area contributed by atoms with Crippen LogP contribution in [-0.2, 0) is 28.7 Å². The van der Waals surface area contributed by atoms with Gasteiger partial charge in [-0.25, -0.2) is 0 Å². The minimum atomic E-state index is -4.61. The Morgan fingerprint density at radius 2 is 1.63 bits per heavy atom. The van der Waals surface area contributed by atoms with Crippen molar-refractivity contribution in [2.24, 2.45) is 0 Å². The molecule has 1 N–H and O–H groups in total. The molecule has 0 radical (unpaired) electrons. The number of hydrogen-bond acceptors (Lipinski definition) is 3. The van der Waals surface area contributed by atoms with E-state index in [2.05, 4.69) is 5.32 Å². The SMILES string of the molecule is O=C(CN(Cc1ccco1)C(=O)Cc1ccccc1)Nc1ccccc1C(F)(F)F. The van der Waals surface area contributed by atoms with Gasteiger partial charge in [-0.1, -0.05) is 42.5 Å². The van der Waals surface area contributed by atoms with Crippen LogP contribution in [0, 0.1) is 0 Å². The summed E-state index contributed by atoms with van der Waals surface area (Å²) in [6.07, 6.45) is -3.12. The lowest BCUT2D eigenvalue weighted by molar-refractivity contribution is -0.137. The third-order valence-electron chi connectivity index (χ3n) is 4.32. The molecule has 3 rings (SSSR count). The number of nitrogens with zero attached hydrogens (tertiary/aromatic N) is 1. The third-order valence-corrected chi connectivity index (χ3v) is 4.32. The molecule has 2 amide bonds. The second kappa shape index (κ2) is 9.30. The van der Waals surface area contributed by atoms with Crippen LogP contribution in [0.4, 0.5) is 18.9 Å². The molecule has 1 heterocycles. The number of halogens is 3. The molecule has 0 aliphatic heterocycles. The Morgan fingerprint density at radius 1 is 0.933 bits per heavy atom. The number of furan rings is 1. The van der Waals surface area contributed by atoms with Crippen molar-refractivity contribution in [1.82, 2.24) is 4.90 Å². The Hall–Kier alpha value is -3.55. The van der Waals surface area contributed by atoms with E-state index in [9.17, 15) is 22.8 Å². The first-order valence-electron chi connectivity index (χ1n) is 9.13. The first kappa shape index (κ1) is 21.2. The second-order valence-electron chi connectivity index (χ2n) is 6.58. The summed E-state index contributed by atoms with van der Waals surface area (Å²) in [5, 5.41) is 2.26. The molecular formula is C22H19F3N2O3. The van der Waals surface area contributed by atoms with Crippen LogP contribution in [0.15, 0.2) is 77.4 Å². The summed E-state index contributed by atoms with van der Waals surface area (Å²) >= 11 is 0. The molecule has 0 fully saturated rings. The van der Waals surface area contributed by atoms with E-state index in [1.54, 1.807) is 36.4 Å². The summed E-state index contributed by atoms with van der Waals surface area (Å²) in [4.78, 5) is 26.5. The average molecular weight is 416 g/mol. The van der Waals surface area contributed by atoms with Crippen molar-refractivity contribution in [3.63, 3.8) is 0 Å². The fraction of sp³-hybridized carbons (Fsp3) is 0.182.